The first-order valence-electron chi connectivity index (χ1n) is 9.44. The minimum absolute atomic E-state index is 0.191. The number of H-pyrrole nitrogens is 1. The number of carbonyl (C=O) groups is 1. The van der Waals surface area contributed by atoms with Crippen molar-refractivity contribution in [1.82, 2.24) is 29.5 Å². The summed E-state index contributed by atoms with van der Waals surface area (Å²) in [7, 11) is 0. The Morgan fingerprint density at radius 3 is 2.74 bits per heavy atom. The lowest BCUT2D eigenvalue weighted by molar-refractivity contribution is 0.0694. The van der Waals surface area contributed by atoms with E-state index in [1.165, 1.54) is 18.7 Å². The molecule has 1 atom stereocenters. The van der Waals surface area contributed by atoms with Gasteiger partial charge in [-0.2, -0.15) is 0 Å². The molecule has 154 valence electrons. The van der Waals surface area contributed by atoms with Crippen LogP contribution in [0, 0.1) is 5.82 Å². The molecular formula is C21H16FN7O2. The molecule has 0 saturated heterocycles. The van der Waals surface area contributed by atoms with Gasteiger partial charge in [0.15, 0.2) is 11.5 Å². The molecule has 0 aliphatic rings. The van der Waals surface area contributed by atoms with Crippen LogP contribution in [0.3, 0.4) is 0 Å². The van der Waals surface area contributed by atoms with Crippen molar-refractivity contribution in [3.8, 4) is 5.69 Å². The van der Waals surface area contributed by atoms with Crippen LogP contribution in [0.5, 0.6) is 0 Å². The van der Waals surface area contributed by atoms with Crippen LogP contribution in [-0.4, -0.2) is 40.6 Å². The zero-order valence-electron chi connectivity index (χ0n) is 16.2. The highest BCUT2D eigenvalue weighted by Gasteiger charge is 2.25. The molecule has 1 unspecified atom stereocenters. The fourth-order valence-electron chi connectivity index (χ4n) is 3.64. The van der Waals surface area contributed by atoms with E-state index in [2.05, 4.69) is 30.2 Å². The second kappa shape index (κ2) is 7.17. The summed E-state index contributed by atoms with van der Waals surface area (Å²) in [5.41, 5.74) is 1.95. The largest absolute Gasteiger partial charge is 0.478 e. The van der Waals surface area contributed by atoms with Crippen LogP contribution in [0.1, 0.15) is 29.1 Å². The number of rotatable bonds is 5. The Labute approximate surface area is 174 Å². The monoisotopic (exact) mass is 417 g/mol. The third kappa shape index (κ3) is 3.05. The van der Waals surface area contributed by atoms with Gasteiger partial charge in [-0.25, -0.2) is 29.1 Å². The van der Waals surface area contributed by atoms with Crippen molar-refractivity contribution in [3.63, 3.8) is 0 Å². The Balaban J connectivity index is 1.72. The van der Waals surface area contributed by atoms with Crippen molar-refractivity contribution >= 4 is 34.0 Å². The van der Waals surface area contributed by atoms with Crippen molar-refractivity contribution in [3.05, 3.63) is 72.3 Å². The lowest BCUT2D eigenvalue weighted by atomic mass is 10.1. The van der Waals surface area contributed by atoms with Crippen molar-refractivity contribution in [2.75, 3.05) is 5.32 Å². The van der Waals surface area contributed by atoms with E-state index in [1.54, 1.807) is 4.57 Å². The van der Waals surface area contributed by atoms with Gasteiger partial charge >= 0.3 is 5.97 Å². The Morgan fingerprint density at radius 2 is 1.97 bits per heavy atom. The number of aromatic carboxylic acids is 1. The lowest BCUT2D eigenvalue weighted by Crippen LogP contribution is -2.15. The number of aromatic amines is 1. The van der Waals surface area contributed by atoms with Gasteiger partial charge in [-0.1, -0.05) is 18.2 Å². The summed E-state index contributed by atoms with van der Waals surface area (Å²) in [5, 5.41) is 13.0. The normalized spacial score (nSPS) is 12.3. The van der Waals surface area contributed by atoms with Gasteiger partial charge in [0.2, 0.25) is 0 Å². The fraction of sp³-hybridized carbons (Fsp3) is 0.0952. The van der Waals surface area contributed by atoms with Gasteiger partial charge in [-0.15, -0.1) is 0 Å². The fourth-order valence-corrected chi connectivity index (χ4v) is 3.64. The number of aromatic nitrogens is 6. The van der Waals surface area contributed by atoms with E-state index >= 15 is 0 Å². The Bertz CT molecular complexity index is 1430. The molecular weight excluding hydrogens is 401 g/mol. The van der Waals surface area contributed by atoms with Crippen LogP contribution in [0.2, 0.25) is 0 Å². The Kier molecular flexibility index (Phi) is 4.32. The zero-order chi connectivity index (χ0) is 21.5. The highest BCUT2D eigenvalue weighted by atomic mass is 19.1. The molecule has 10 heteroatoms. The van der Waals surface area contributed by atoms with Crippen molar-refractivity contribution < 1.29 is 14.3 Å². The summed E-state index contributed by atoms with van der Waals surface area (Å²) >= 11 is 0. The first-order valence-corrected chi connectivity index (χ1v) is 9.44. The van der Waals surface area contributed by atoms with E-state index in [1.807, 2.05) is 37.3 Å². The number of nitrogens with one attached hydrogen (secondary N) is 2. The molecule has 5 rings (SSSR count). The van der Waals surface area contributed by atoms with Gasteiger partial charge in [-0.3, -0.25) is 4.57 Å². The molecule has 3 N–H and O–H groups in total. The molecule has 0 radical (unpaired) electrons. The second-order valence-electron chi connectivity index (χ2n) is 6.93. The molecule has 0 fully saturated rings. The quantitative estimate of drug-likeness (QED) is 0.399. The minimum Gasteiger partial charge on any atom is -0.478 e. The van der Waals surface area contributed by atoms with Gasteiger partial charge in [0.25, 0.3) is 0 Å². The topological polar surface area (TPSA) is 122 Å². The van der Waals surface area contributed by atoms with E-state index in [0.29, 0.717) is 34.0 Å². The second-order valence-corrected chi connectivity index (χ2v) is 6.93. The SMILES string of the molecule is CC(Nc1ncnc2nc[nH]c12)c1nc2ccc(F)c(C(=O)O)c2n1-c1ccccc1. The number of anilines is 1. The van der Waals surface area contributed by atoms with Gasteiger partial charge < -0.3 is 15.4 Å². The molecule has 5 aromatic rings. The molecule has 31 heavy (non-hydrogen) atoms. The zero-order valence-corrected chi connectivity index (χ0v) is 16.2. The van der Waals surface area contributed by atoms with Crippen LogP contribution in [0.4, 0.5) is 10.2 Å². The van der Waals surface area contributed by atoms with Gasteiger partial charge in [0.05, 0.1) is 23.4 Å². The van der Waals surface area contributed by atoms with Crippen molar-refractivity contribution in [2.45, 2.75) is 13.0 Å². The molecule has 0 aliphatic carbocycles. The summed E-state index contributed by atoms with van der Waals surface area (Å²) in [6, 6.07) is 11.3. The highest BCUT2D eigenvalue weighted by molar-refractivity contribution is 6.02. The number of para-hydroxylation sites is 1. The van der Waals surface area contributed by atoms with E-state index in [-0.39, 0.29) is 5.52 Å². The summed E-state index contributed by atoms with van der Waals surface area (Å²) in [6.45, 7) is 1.86. The predicted octanol–water partition coefficient (Wildman–Crippen LogP) is 3.70. The van der Waals surface area contributed by atoms with E-state index in [0.717, 1.165) is 6.07 Å². The van der Waals surface area contributed by atoms with Crippen LogP contribution < -0.4 is 5.32 Å². The summed E-state index contributed by atoms with van der Waals surface area (Å²) < 4.78 is 16.2. The van der Waals surface area contributed by atoms with Crippen molar-refractivity contribution in [1.29, 1.82) is 0 Å². The molecule has 0 spiro atoms. The van der Waals surface area contributed by atoms with Gasteiger partial charge in [-0.05, 0) is 31.2 Å². The van der Waals surface area contributed by atoms with Crippen LogP contribution in [0.25, 0.3) is 27.9 Å². The molecule has 2 aromatic carbocycles. The maximum absolute atomic E-state index is 14.5. The molecule has 0 bridgehead atoms. The smallest absolute Gasteiger partial charge is 0.340 e. The van der Waals surface area contributed by atoms with Crippen LogP contribution in [-0.2, 0) is 0 Å². The maximum atomic E-state index is 14.5. The minimum atomic E-state index is -1.36. The standard InChI is InChI=1S/C21H16FN7O2/c1-11(27-19-16-18(24-9-23-16)25-10-26-19)20-28-14-8-7-13(22)15(21(30)31)17(14)29(20)12-5-3-2-4-6-12/h2-11H,1H3,(H,30,31)(H2,23,24,25,26,27). The number of halogens is 1. The third-order valence-corrected chi connectivity index (χ3v) is 4.99. The number of hydrogen-bond donors (Lipinski definition) is 3. The number of carboxylic acids is 1. The van der Waals surface area contributed by atoms with Crippen molar-refractivity contribution in [2.24, 2.45) is 0 Å². The molecule has 0 saturated carbocycles. The average molecular weight is 417 g/mol. The number of imidazole rings is 2. The molecule has 0 amide bonds. The highest BCUT2D eigenvalue weighted by Crippen LogP contribution is 2.31. The number of fused-ring (bicyclic) bond motifs is 2. The summed E-state index contributed by atoms with van der Waals surface area (Å²) in [5.74, 6) is -1.16. The molecule has 9 nitrogen and oxygen atoms in total. The average Bonchev–Trinajstić information content (AvgIpc) is 3.39. The number of hydrogen-bond acceptors (Lipinski definition) is 6. The summed E-state index contributed by atoms with van der Waals surface area (Å²) in [6.07, 6.45) is 2.92. The van der Waals surface area contributed by atoms with E-state index in [9.17, 15) is 14.3 Å². The molecule has 0 aliphatic heterocycles. The van der Waals surface area contributed by atoms with Crippen LogP contribution >= 0.6 is 0 Å². The maximum Gasteiger partial charge on any atom is 0.340 e. The Hall–Kier alpha value is -4.34. The number of nitrogens with zero attached hydrogens (tertiary/aromatic N) is 5. The lowest BCUT2D eigenvalue weighted by Gasteiger charge is -2.17. The van der Waals surface area contributed by atoms with Crippen LogP contribution in [0.15, 0.2) is 55.1 Å². The third-order valence-electron chi connectivity index (χ3n) is 4.99. The first kappa shape index (κ1) is 18.7. The molecule has 3 aromatic heterocycles. The number of benzene rings is 2. The number of carboxylic acid groups (broad SMARTS) is 1. The summed E-state index contributed by atoms with van der Waals surface area (Å²) in [4.78, 5) is 32.0. The first-order chi connectivity index (χ1) is 15.0. The Morgan fingerprint density at radius 1 is 1.16 bits per heavy atom. The predicted molar refractivity (Wildman–Crippen MR) is 112 cm³/mol. The van der Waals surface area contributed by atoms with E-state index < -0.39 is 23.4 Å². The molecule has 3 heterocycles. The van der Waals surface area contributed by atoms with Gasteiger partial charge in [0, 0.05) is 5.69 Å². The van der Waals surface area contributed by atoms with Gasteiger partial charge in [0.1, 0.15) is 29.0 Å². The van der Waals surface area contributed by atoms with E-state index in [4.69, 9.17) is 0 Å².